The number of aryl methyl sites for hydroxylation is 1. The highest BCUT2D eigenvalue weighted by molar-refractivity contribution is 7.90. The molecule has 1 amide bonds. The van der Waals surface area contributed by atoms with Gasteiger partial charge in [0.15, 0.2) is 9.84 Å². The summed E-state index contributed by atoms with van der Waals surface area (Å²) in [5.74, 6) is -0.602. The normalized spacial score (nSPS) is 19.4. The number of benzene rings is 1. The molecule has 1 aromatic carbocycles. The van der Waals surface area contributed by atoms with Gasteiger partial charge in [0.2, 0.25) is 5.91 Å². The fraction of sp³-hybridized carbons (Fsp3) is 0.364. The van der Waals surface area contributed by atoms with Crippen molar-refractivity contribution in [3.05, 3.63) is 29.3 Å². The maximum Gasteiger partial charge on any atom is 0.224 e. The molecule has 0 saturated heterocycles. The average molecular weight is 239 g/mol. The third kappa shape index (κ3) is 1.82. The van der Waals surface area contributed by atoms with Crippen molar-refractivity contribution in [3.63, 3.8) is 0 Å². The second-order valence-electron chi connectivity index (χ2n) is 4.13. The van der Waals surface area contributed by atoms with E-state index in [-0.39, 0.29) is 11.8 Å². The molecule has 0 aromatic heterocycles. The number of rotatable bonds is 2. The summed E-state index contributed by atoms with van der Waals surface area (Å²) in [6.45, 7) is 0. The fourth-order valence-electron chi connectivity index (χ4n) is 2.12. The first-order chi connectivity index (χ1) is 7.39. The zero-order valence-electron chi connectivity index (χ0n) is 8.93. The third-order valence-corrected chi connectivity index (χ3v) is 4.07. The summed E-state index contributed by atoms with van der Waals surface area (Å²) in [4.78, 5) is 11.5. The molecule has 0 spiro atoms. The molecular formula is C11H13NO3S. The molecule has 86 valence electrons. The van der Waals surface area contributed by atoms with Crippen LogP contribution in [0.15, 0.2) is 23.1 Å². The number of sulfone groups is 1. The number of primary amides is 1. The lowest BCUT2D eigenvalue weighted by Crippen LogP contribution is -2.19. The molecule has 0 radical (unpaired) electrons. The van der Waals surface area contributed by atoms with Crippen LogP contribution in [0.25, 0.3) is 0 Å². The quantitative estimate of drug-likeness (QED) is 0.821. The lowest BCUT2D eigenvalue weighted by atomic mass is 10.0. The van der Waals surface area contributed by atoms with E-state index in [1.807, 2.05) is 0 Å². The van der Waals surface area contributed by atoms with E-state index in [0.29, 0.717) is 17.7 Å². The first-order valence-corrected chi connectivity index (χ1v) is 6.91. The minimum Gasteiger partial charge on any atom is -0.369 e. The second-order valence-corrected chi connectivity index (χ2v) is 6.14. The summed E-state index contributed by atoms with van der Waals surface area (Å²) in [5, 5.41) is 0. The number of nitrogens with two attached hydrogens (primary N) is 1. The molecule has 16 heavy (non-hydrogen) atoms. The number of carbonyl (C=O) groups is 1. The molecule has 5 heteroatoms. The van der Waals surface area contributed by atoms with Gasteiger partial charge in [0.1, 0.15) is 0 Å². The number of hydrogen-bond donors (Lipinski definition) is 1. The smallest absolute Gasteiger partial charge is 0.224 e. The Morgan fingerprint density at radius 1 is 1.44 bits per heavy atom. The van der Waals surface area contributed by atoms with E-state index < -0.39 is 9.84 Å². The molecule has 0 fully saturated rings. The van der Waals surface area contributed by atoms with E-state index in [1.165, 1.54) is 12.3 Å². The molecule has 1 aliphatic carbocycles. The lowest BCUT2D eigenvalue weighted by Gasteiger charge is -2.07. The van der Waals surface area contributed by atoms with Crippen LogP contribution in [0, 0.1) is 0 Å². The molecule has 2 N–H and O–H groups in total. The van der Waals surface area contributed by atoms with Gasteiger partial charge in [-0.05, 0) is 36.1 Å². The Bertz CT molecular complexity index is 548. The Kier molecular flexibility index (Phi) is 2.50. The van der Waals surface area contributed by atoms with Crippen LogP contribution in [0.1, 0.15) is 23.5 Å². The van der Waals surface area contributed by atoms with Gasteiger partial charge in [-0.2, -0.15) is 0 Å². The van der Waals surface area contributed by atoms with Gasteiger partial charge in [-0.15, -0.1) is 0 Å². The fourth-order valence-corrected chi connectivity index (χ4v) is 2.79. The molecule has 1 unspecified atom stereocenters. The molecule has 1 atom stereocenters. The summed E-state index contributed by atoms with van der Waals surface area (Å²) in [6, 6.07) is 4.89. The van der Waals surface area contributed by atoms with E-state index in [4.69, 9.17) is 5.73 Å². The first kappa shape index (κ1) is 11.1. The van der Waals surface area contributed by atoms with Crippen LogP contribution in [0.4, 0.5) is 0 Å². The minimum atomic E-state index is -3.18. The monoisotopic (exact) mass is 239 g/mol. The molecule has 0 heterocycles. The minimum absolute atomic E-state index is 0.261. The van der Waals surface area contributed by atoms with E-state index in [1.54, 1.807) is 12.1 Å². The van der Waals surface area contributed by atoms with Crippen molar-refractivity contribution in [1.29, 1.82) is 0 Å². The zero-order chi connectivity index (χ0) is 11.9. The van der Waals surface area contributed by atoms with Crippen LogP contribution in [0.5, 0.6) is 0 Å². The summed E-state index contributed by atoms with van der Waals surface area (Å²) < 4.78 is 22.7. The summed E-state index contributed by atoms with van der Waals surface area (Å²) in [6.07, 6.45) is 2.57. The third-order valence-electron chi connectivity index (χ3n) is 2.96. The predicted octanol–water partition coefficient (Wildman–Crippen LogP) is 0.605. The average Bonchev–Trinajstić information content (AvgIpc) is 2.58. The van der Waals surface area contributed by atoms with Crippen molar-refractivity contribution in [2.45, 2.75) is 23.7 Å². The van der Waals surface area contributed by atoms with Crippen molar-refractivity contribution in [2.24, 2.45) is 5.73 Å². The topological polar surface area (TPSA) is 77.2 Å². The van der Waals surface area contributed by atoms with Gasteiger partial charge in [-0.1, -0.05) is 6.07 Å². The predicted molar refractivity (Wildman–Crippen MR) is 59.8 cm³/mol. The zero-order valence-corrected chi connectivity index (χ0v) is 9.75. The van der Waals surface area contributed by atoms with Gasteiger partial charge in [0.25, 0.3) is 0 Å². The highest BCUT2D eigenvalue weighted by Crippen LogP contribution is 2.34. The Morgan fingerprint density at radius 3 is 2.69 bits per heavy atom. The van der Waals surface area contributed by atoms with E-state index in [0.717, 1.165) is 11.1 Å². The highest BCUT2D eigenvalue weighted by Gasteiger charge is 2.27. The molecule has 4 nitrogen and oxygen atoms in total. The van der Waals surface area contributed by atoms with Gasteiger partial charge < -0.3 is 5.73 Å². The highest BCUT2D eigenvalue weighted by atomic mass is 32.2. The summed E-state index contributed by atoms with van der Waals surface area (Å²) in [7, 11) is -3.18. The summed E-state index contributed by atoms with van der Waals surface area (Å²) >= 11 is 0. The Hall–Kier alpha value is -1.36. The van der Waals surface area contributed by atoms with E-state index >= 15 is 0 Å². The SMILES string of the molecule is CS(=O)(=O)c1ccc2c(c1)CCC2C(N)=O. The van der Waals surface area contributed by atoms with Crippen LogP contribution in [0.3, 0.4) is 0 Å². The van der Waals surface area contributed by atoms with Crippen LogP contribution in [0.2, 0.25) is 0 Å². The van der Waals surface area contributed by atoms with Crippen LogP contribution >= 0.6 is 0 Å². The van der Waals surface area contributed by atoms with E-state index in [2.05, 4.69) is 0 Å². The van der Waals surface area contributed by atoms with Gasteiger partial charge >= 0.3 is 0 Å². The number of fused-ring (bicyclic) bond motifs is 1. The number of amides is 1. The number of hydrogen-bond acceptors (Lipinski definition) is 3. The second kappa shape index (κ2) is 3.59. The molecular weight excluding hydrogens is 226 g/mol. The Labute approximate surface area is 94.4 Å². The maximum atomic E-state index is 11.4. The van der Waals surface area contributed by atoms with Crippen LogP contribution in [-0.2, 0) is 21.1 Å². The molecule has 1 aliphatic rings. The van der Waals surface area contributed by atoms with E-state index in [9.17, 15) is 13.2 Å². The largest absolute Gasteiger partial charge is 0.369 e. The summed E-state index contributed by atoms with van der Waals surface area (Å²) in [5.41, 5.74) is 7.08. The van der Waals surface area contributed by atoms with Gasteiger partial charge in [-0.25, -0.2) is 8.42 Å². The standard InChI is InChI=1S/C11H13NO3S/c1-16(14,15)8-3-5-9-7(6-8)2-4-10(9)11(12)13/h3,5-6,10H,2,4H2,1H3,(H2,12,13). The molecule has 1 aromatic rings. The van der Waals surface area contributed by atoms with Crippen molar-refractivity contribution >= 4 is 15.7 Å². The lowest BCUT2D eigenvalue weighted by molar-refractivity contribution is -0.119. The van der Waals surface area contributed by atoms with Gasteiger partial charge in [-0.3, -0.25) is 4.79 Å². The van der Waals surface area contributed by atoms with Gasteiger partial charge in [0, 0.05) is 6.26 Å². The number of carbonyl (C=O) groups excluding carboxylic acids is 1. The Balaban J connectivity index is 2.48. The molecule has 0 bridgehead atoms. The van der Waals surface area contributed by atoms with Crippen LogP contribution in [-0.4, -0.2) is 20.6 Å². The first-order valence-electron chi connectivity index (χ1n) is 5.02. The molecule has 0 aliphatic heterocycles. The van der Waals surface area contributed by atoms with Gasteiger partial charge in [0.05, 0.1) is 10.8 Å². The van der Waals surface area contributed by atoms with Crippen LogP contribution < -0.4 is 5.73 Å². The maximum absolute atomic E-state index is 11.4. The van der Waals surface area contributed by atoms with Crippen molar-refractivity contribution in [1.82, 2.24) is 0 Å². The molecule has 0 saturated carbocycles. The van der Waals surface area contributed by atoms with Crippen molar-refractivity contribution < 1.29 is 13.2 Å². The van der Waals surface area contributed by atoms with Crippen molar-refractivity contribution in [3.8, 4) is 0 Å². The molecule has 2 rings (SSSR count). The van der Waals surface area contributed by atoms with Crippen molar-refractivity contribution in [2.75, 3.05) is 6.26 Å². The Morgan fingerprint density at radius 2 is 2.12 bits per heavy atom.